The van der Waals surface area contributed by atoms with Gasteiger partial charge in [0.1, 0.15) is 22.2 Å². The first-order chi connectivity index (χ1) is 15.1. The molecule has 1 fully saturated rings. The topological polar surface area (TPSA) is 123 Å². The Hall–Kier alpha value is -2.95. The number of nitrogens with one attached hydrogen (secondary N) is 1. The van der Waals surface area contributed by atoms with Crippen LogP contribution in [0.3, 0.4) is 0 Å². The van der Waals surface area contributed by atoms with Gasteiger partial charge in [-0.3, -0.25) is 4.79 Å². The molecule has 0 aromatic carbocycles. The van der Waals surface area contributed by atoms with Gasteiger partial charge in [-0.1, -0.05) is 30.3 Å². The van der Waals surface area contributed by atoms with Gasteiger partial charge in [0.2, 0.25) is 11.0 Å². The molecule has 0 saturated carbocycles. The molecule has 3 aromatic rings. The van der Waals surface area contributed by atoms with Crippen molar-refractivity contribution in [3.05, 3.63) is 22.9 Å². The van der Waals surface area contributed by atoms with Gasteiger partial charge in [0.15, 0.2) is 5.82 Å². The number of nitrogens with zero attached hydrogens (tertiary/aromatic N) is 7. The van der Waals surface area contributed by atoms with E-state index in [0.717, 1.165) is 43.1 Å². The molecule has 3 aromatic heterocycles. The number of aryl methyl sites for hydroxylation is 3. The van der Waals surface area contributed by atoms with Crippen molar-refractivity contribution in [2.75, 3.05) is 23.3 Å². The average molecular weight is 443 g/mol. The largest absolute Gasteiger partial charge is 0.355 e. The van der Waals surface area contributed by atoms with Crippen molar-refractivity contribution in [2.45, 2.75) is 52.9 Å². The third kappa shape index (κ3) is 4.87. The third-order valence-electron chi connectivity index (χ3n) is 5.16. The summed E-state index contributed by atoms with van der Waals surface area (Å²) in [5.74, 6) is 2.19. The van der Waals surface area contributed by atoms with Crippen molar-refractivity contribution in [2.24, 2.45) is 5.92 Å². The van der Waals surface area contributed by atoms with Crippen molar-refractivity contribution in [3.8, 4) is 11.5 Å². The Bertz CT molecular complexity index is 1050. The molecule has 1 N–H and O–H groups in total. The fourth-order valence-corrected chi connectivity index (χ4v) is 4.41. The van der Waals surface area contributed by atoms with Crippen molar-refractivity contribution in [3.63, 3.8) is 0 Å². The van der Waals surface area contributed by atoms with Crippen LogP contribution in [-0.2, 0) is 17.6 Å². The zero-order valence-electron chi connectivity index (χ0n) is 18.0. The van der Waals surface area contributed by atoms with Crippen molar-refractivity contribution >= 4 is 28.2 Å². The molecule has 1 aliphatic rings. The number of anilines is 2. The fourth-order valence-electron chi connectivity index (χ4n) is 3.57. The van der Waals surface area contributed by atoms with E-state index in [2.05, 4.69) is 47.4 Å². The number of carbonyl (C=O) groups is 1. The van der Waals surface area contributed by atoms with E-state index in [4.69, 9.17) is 4.52 Å². The second kappa shape index (κ2) is 9.46. The average Bonchev–Trinajstić information content (AvgIpc) is 3.43. The van der Waals surface area contributed by atoms with Crippen LogP contribution in [0.2, 0.25) is 0 Å². The molecule has 0 spiro atoms. The van der Waals surface area contributed by atoms with Gasteiger partial charge < -0.3 is 14.7 Å². The third-order valence-corrected chi connectivity index (χ3v) is 6.05. The molecule has 1 aliphatic heterocycles. The first-order valence-electron chi connectivity index (χ1n) is 10.6. The predicted octanol–water partition coefficient (Wildman–Crippen LogP) is 3.06. The van der Waals surface area contributed by atoms with E-state index in [0.29, 0.717) is 41.2 Å². The standard InChI is InChI=1S/C20H26N8O2S/c1-4-7-16-25-26-20(31-16)24-18(29)13-8-6-9-28(11-13)17-14(10-21-12(3)22-17)19-23-15(5-2)27-30-19/h10,13H,4-9,11H2,1-3H3,(H,24,26,29). The van der Waals surface area contributed by atoms with Gasteiger partial charge in [0.05, 0.1) is 5.92 Å². The highest BCUT2D eigenvalue weighted by Crippen LogP contribution is 2.31. The minimum atomic E-state index is -0.177. The Balaban J connectivity index is 1.51. The highest BCUT2D eigenvalue weighted by molar-refractivity contribution is 7.15. The molecule has 0 radical (unpaired) electrons. The van der Waals surface area contributed by atoms with E-state index in [-0.39, 0.29) is 11.8 Å². The van der Waals surface area contributed by atoms with Crippen LogP contribution in [0.5, 0.6) is 0 Å². The van der Waals surface area contributed by atoms with E-state index in [1.54, 1.807) is 6.20 Å². The molecule has 0 bridgehead atoms. The summed E-state index contributed by atoms with van der Waals surface area (Å²) < 4.78 is 5.43. The number of aromatic nitrogens is 6. The van der Waals surface area contributed by atoms with Gasteiger partial charge in [0, 0.05) is 32.1 Å². The summed E-state index contributed by atoms with van der Waals surface area (Å²) in [6.45, 7) is 7.25. The normalized spacial score (nSPS) is 16.5. The van der Waals surface area contributed by atoms with Crippen molar-refractivity contribution in [1.82, 2.24) is 30.3 Å². The maximum Gasteiger partial charge on any atom is 0.263 e. The maximum absolute atomic E-state index is 12.9. The van der Waals surface area contributed by atoms with Crippen LogP contribution < -0.4 is 10.2 Å². The molecule has 4 heterocycles. The maximum atomic E-state index is 12.9. The Kier molecular flexibility index (Phi) is 6.50. The first-order valence-corrected chi connectivity index (χ1v) is 11.4. The fraction of sp³-hybridized carbons (Fsp3) is 0.550. The number of piperidine rings is 1. The van der Waals surface area contributed by atoms with Crippen LogP contribution in [0.15, 0.2) is 10.7 Å². The highest BCUT2D eigenvalue weighted by Gasteiger charge is 2.29. The quantitative estimate of drug-likeness (QED) is 0.588. The summed E-state index contributed by atoms with van der Waals surface area (Å²) in [6.07, 6.45) is 5.95. The number of carbonyl (C=O) groups excluding carboxylic acids is 1. The number of amides is 1. The zero-order valence-corrected chi connectivity index (χ0v) is 18.8. The summed E-state index contributed by atoms with van der Waals surface area (Å²) in [7, 11) is 0. The smallest absolute Gasteiger partial charge is 0.263 e. The van der Waals surface area contributed by atoms with Gasteiger partial charge in [-0.05, 0) is 26.2 Å². The lowest BCUT2D eigenvalue weighted by Crippen LogP contribution is -2.41. The summed E-state index contributed by atoms with van der Waals surface area (Å²) in [5, 5.41) is 16.7. The molecule has 164 valence electrons. The lowest BCUT2D eigenvalue weighted by molar-refractivity contribution is -0.120. The van der Waals surface area contributed by atoms with Crippen LogP contribution in [0.4, 0.5) is 10.9 Å². The molecule has 0 aliphatic carbocycles. The minimum absolute atomic E-state index is 0.0395. The van der Waals surface area contributed by atoms with Gasteiger partial charge in [-0.15, -0.1) is 10.2 Å². The summed E-state index contributed by atoms with van der Waals surface area (Å²) in [5.41, 5.74) is 0.687. The van der Waals surface area contributed by atoms with E-state index < -0.39 is 0 Å². The number of hydrogen-bond donors (Lipinski definition) is 1. The summed E-state index contributed by atoms with van der Waals surface area (Å²) in [4.78, 5) is 28.4. The Morgan fingerprint density at radius 1 is 1.32 bits per heavy atom. The lowest BCUT2D eigenvalue weighted by atomic mass is 9.97. The van der Waals surface area contributed by atoms with Crippen molar-refractivity contribution in [1.29, 1.82) is 0 Å². The monoisotopic (exact) mass is 442 g/mol. The number of hydrogen-bond acceptors (Lipinski definition) is 10. The van der Waals surface area contributed by atoms with Crippen LogP contribution in [0, 0.1) is 12.8 Å². The molecular formula is C20H26N8O2S. The molecule has 1 saturated heterocycles. The van der Waals surface area contributed by atoms with E-state index in [1.165, 1.54) is 11.3 Å². The van der Waals surface area contributed by atoms with Gasteiger partial charge in [-0.2, -0.15) is 4.98 Å². The molecule has 10 nitrogen and oxygen atoms in total. The summed E-state index contributed by atoms with van der Waals surface area (Å²) >= 11 is 1.44. The molecular weight excluding hydrogens is 416 g/mol. The van der Waals surface area contributed by atoms with Crippen LogP contribution in [0.25, 0.3) is 11.5 Å². The lowest BCUT2D eigenvalue weighted by Gasteiger charge is -2.33. The Morgan fingerprint density at radius 3 is 2.97 bits per heavy atom. The van der Waals surface area contributed by atoms with Crippen molar-refractivity contribution < 1.29 is 9.32 Å². The minimum Gasteiger partial charge on any atom is -0.355 e. The zero-order chi connectivity index (χ0) is 21.8. The second-order valence-corrected chi connectivity index (χ2v) is 8.61. The molecule has 4 rings (SSSR count). The first kappa shape index (κ1) is 21.3. The molecule has 1 amide bonds. The molecule has 11 heteroatoms. The van der Waals surface area contributed by atoms with Crippen LogP contribution in [-0.4, -0.2) is 49.3 Å². The van der Waals surface area contributed by atoms with Gasteiger partial charge in [-0.25, -0.2) is 9.97 Å². The van der Waals surface area contributed by atoms with Gasteiger partial charge >= 0.3 is 0 Å². The molecule has 31 heavy (non-hydrogen) atoms. The van der Waals surface area contributed by atoms with Crippen LogP contribution >= 0.6 is 11.3 Å². The van der Waals surface area contributed by atoms with E-state index >= 15 is 0 Å². The Morgan fingerprint density at radius 2 is 2.19 bits per heavy atom. The van der Waals surface area contributed by atoms with E-state index in [1.807, 2.05) is 13.8 Å². The number of rotatable bonds is 7. The molecule has 1 unspecified atom stereocenters. The van der Waals surface area contributed by atoms with E-state index in [9.17, 15) is 4.79 Å². The Labute approximate surface area is 184 Å². The second-order valence-electron chi connectivity index (χ2n) is 7.55. The SMILES string of the molecule is CCCc1nnc(NC(=O)C2CCCN(c3nc(C)ncc3-c3nc(CC)no3)C2)s1. The van der Waals surface area contributed by atoms with Gasteiger partial charge in [0.25, 0.3) is 5.89 Å². The van der Waals surface area contributed by atoms with Crippen LogP contribution in [0.1, 0.15) is 49.8 Å². The molecule has 1 atom stereocenters. The predicted molar refractivity (Wildman–Crippen MR) is 117 cm³/mol. The highest BCUT2D eigenvalue weighted by atomic mass is 32.1. The summed E-state index contributed by atoms with van der Waals surface area (Å²) in [6, 6.07) is 0.